The standard InChI is InChI=1S/C23H28N4O2.ClH/c28-23(24-11-6-12-26-13-15-29-16-14-26)18-27-21-10-5-4-9-20(21)25-22(27)17-19-7-2-1-3-8-19;/h1-5,7-10H,6,11-18H2,(H,24,28);1H. The van der Waals surface area contributed by atoms with Gasteiger partial charge in [0, 0.05) is 19.4 Å². The number of nitrogens with one attached hydrogen (secondary N) is 2. The molecule has 0 atom stereocenters. The molecule has 30 heavy (non-hydrogen) atoms. The molecule has 1 fully saturated rings. The molecule has 0 unspecified atom stereocenters. The van der Waals surface area contributed by atoms with E-state index in [0.29, 0.717) is 19.5 Å². The normalized spacial score (nSPS) is 14.4. The zero-order valence-electron chi connectivity index (χ0n) is 17.1. The number of carbonyl (C=O) groups is 1. The number of fused-ring (bicyclic) bond motifs is 1. The van der Waals surface area contributed by atoms with Crippen LogP contribution >= 0.6 is 0 Å². The molecule has 7 heteroatoms. The minimum absolute atomic E-state index is 0. The van der Waals surface area contributed by atoms with Crippen LogP contribution < -0.4 is 22.6 Å². The number of nitrogens with zero attached hydrogens (tertiary/aromatic N) is 2. The van der Waals surface area contributed by atoms with Gasteiger partial charge >= 0.3 is 0 Å². The van der Waals surface area contributed by atoms with Gasteiger partial charge in [-0.1, -0.05) is 42.5 Å². The van der Waals surface area contributed by atoms with E-state index in [1.165, 1.54) is 5.56 Å². The number of morpholine rings is 1. The fraction of sp³-hybridized carbons (Fsp3) is 0.391. The van der Waals surface area contributed by atoms with Crippen LogP contribution in [0.4, 0.5) is 0 Å². The maximum Gasteiger partial charge on any atom is 0.240 e. The van der Waals surface area contributed by atoms with Gasteiger partial charge in [0.2, 0.25) is 5.91 Å². The van der Waals surface area contributed by atoms with Gasteiger partial charge in [0.1, 0.15) is 25.5 Å². The van der Waals surface area contributed by atoms with Gasteiger partial charge in [-0.2, -0.15) is 0 Å². The maximum absolute atomic E-state index is 12.6. The number of benzene rings is 2. The Hall–Kier alpha value is -2.41. The van der Waals surface area contributed by atoms with Gasteiger partial charge in [-0.15, -0.1) is 0 Å². The monoisotopic (exact) mass is 428 g/mol. The summed E-state index contributed by atoms with van der Waals surface area (Å²) in [4.78, 5) is 19.0. The van der Waals surface area contributed by atoms with Crippen molar-refractivity contribution in [3.05, 3.63) is 66.0 Å². The van der Waals surface area contributed by atoms with Gasteiger partial charge in [0.25, 0.3) is 0 Å². The first-order valence-corrected chi connectivity index (χ1v) is 10.5. The van der Waals surface area contributed by atoms with E-state index >= 15 is 0 Å². The predicted octanol–water partition coefficient (Wildman–Crippen LogP) is -1.95. The van der Waals surface area contributed by atoms with Crippen molar-refractivity contribution >= 4 is 16.9 Å². The van der Waals surface area contributed by atoms with E-state index in [-0.39, 0.29) is 18.3 Å². The summed E-state index contributed by atoms with van der Waals surface area (Å²) in [6.45, 7) is 5.92. The number of ether oxygens (including phenoxy) is 1. The van der Waals surface area contributed by atoms with Crippen LogP contribution in [0.1, 0.15) is 17.8 Å². The minimum Gasteiger partial charge on any atom is -1.00 e. The molecule has 0 spiro atoms. The van der Waals surface area contributed by atoms with Crippen molar-refractivity contribution in [1.29, 1.82) is 0 Å². The van der Waals surface area contributed by atoms with E-state index in [9.17, 15) is 4.79 Å². The van der Waals surface area contributed by atoms with Gasteiger partial charge < -0.3 is 31.9 Å². The van der Waals surface area contributed by atoms with Crippen LogP contribution in [0.15, 0.2) is 54.6 Å². The minimum atomic E-state index is 0. The van der Waals surface area contributed by atoms with Gasteiger partial charge in [0.15, 0.2) is 0 Å². The highest BCUT2D eigenvalue weighted by Crippen LogP contribution is 2.18. The number of imidazole rings is 1. The molecule has 4 rings (SSSR count). The van der Waals surface area contributed by atoms with Crippen molar-refractivity contribution in [2.45, 2.75) is 19.4 Å². The molecule has 0 radical (unpaired) electrons. The van der Waals surface area contributed by atoms with Crippen molar-refractivity contribution in [3.63, 3.8) is 0 Å². The second-order valence-corrected chi connectivity index (χ2v) is 7.58. The molecule has 2 heterocycles. The van der Waals surface area contributed by atoms with Crippen molar-refractivity contribution in [2.24, 2.45) is 0 Å². The Morgan fingerprint density at radius 2 is 1.80 bits per heavy atom. The summed E-state index contributed by atoms with van der Waals surface area (Å²) in [6, 6.07) is 18.3. The third-order valence-corrected chi connectivity index (χ3v) is 5.47. The van der Waals surface area contributed by atoms with Gasteiger partial charge in [-0.3, -0.25) is 4.79 Å². The average Bonchev–Trinajstić information content (AvgIpc) is 3.10. The number of para-hydroxylation sites is 2. The molecule has 2 aromatic carbocycles. The lowest BCUT2D eigenvalue weighted by molar-refractivity contribution is -0.908. The molecule has 0 bridgehead atoms. The van der Waals surface area contributed by atoms with Crippen molar-refractivity contribution in [3.8, 4) is 0 Å². The summed E-state index contributed by atoms with van der Waals surface area (Å²) in [5, 5.41) is 3.08. The quantitative estimate of drug-likeness (QED) is 0.410. The molecule has 1 aliphatic heterocycles. The summed E-state index contributed by atoms with van der Waals surface area (Å²) in [7, 11) is 0. The van der Waals surface area contributed by atoms with Crippen LogP contribution in [-0.4, -0.2) is 54.9 Å². The summed E-state index contributed by atoms with van der Waals surface area (Å²) >= 11 is 0. The lowest BCUT2D eigenvalue weighted by Crippen LogP contribution is -3.14. The Balaban J connectivity index is 0.00000256. The average molecular weight is 429 g/mol. The summed E-state index contributed by atoms with van der Waals surface area (Å²) in [6.07, 6.45) is 1.70. The van der Waals surface area contributed by atoms with E-state index in [1.807, 2.05) is 47.0 Å². The number of quaternary nitrogens is 1. The summed E-state index contributed by atoms with van der Waals surface area (Å²) in [5.41, 5.74) is 3.13. The largest absolute Gasteiger partial charge is 1.00 e. The van der Waals surface area contributed by atoms with Crippen LogP contribution in [0.25, 0.3) is 11.0 Å². The van der Waals surface area contributed by atoms with Crippen LogP contribution in [0.2, 0.25) is 0 Å². The molecule has 6 nitrogen and oxygen atoms in total. The summed E-state index contributed by atoms with van der Waals surface area (Å²) < 4.78 is 7.44. The third-order valence-electron chi connectivity index (χ3n) is 5.47. The molecule has 1 amide bonds. The molecule has 0 aliphatic carbocycles. The third kappa shape index (κ3) is 5.81. The van der Waals surface area contributed by atoms with Crippen LogP contribution in [0.3, 0.4) is 0 Å². The molecule has 1 aromatic heterocycles. The number of halogens is 1. The molecule has 160 valence electrons. The zero-order valence-corrected chi connectivity index (χ0v) is 17.9. The molecule has 1 aliphatic rings. The Morgan fingerprint density at radius 3 is 2.60 bits per heavy atom. The highest BCUT2D eigenvalue weighted by molar-refractivity contribution is 5.81. The number of hydrogen-bond acceptors (Lipinski definition) is 3. The first-order valence-electron chi connectivity index (χ1n) is 10.5. The van der Waals surface area contributed by atoms with Gasteiger partial charge in [-0.25, -0.2) is 4.98 Å². The fourth-order valence-electron chi connectivity index (χ4n) is 3.89. The van der Waals surface area contributed by atoms with E-state index < -0.39 is 0 Å². The molecular formula is C23H29ClN4O2. The Morgan fingerprint density at radius 1 is 1.07 bits per heavy atom. The van der Waals surface area contributed by atoms with Crippen LogP contribution in [0.5, 0.6) is 0 Å². The van der Waals surface area contributed by atoms with Crippen molar-refractivity contribution in [2.75, 3.05) is 39.4 Å². The number of carbonyl (C=O) groups excluding carboxylic acids is 1. The maximum atomic E-state index is 12.6. The lowest BCUT2D eigenvalue weighted by Gasteiger charge is -2.23. The first kappa shape index (κ1) is 22.3. The van der Waals surface area contributed by atoms with Crippen molar-refractivity contribution in [1.82, 2.24) is 14.9 Å². The zero-order chi connectivity index (χ0) is 19.9. The molecule has 0 saturated carbocycles. The second kappa shape index (κ2) is 11.1. The lowest BCUT2D eigenvalue weighted by atomic mass is 10.1. The van der Waals surface area contributed by atoms with Crippen LogP contribution in [0, 0.1) is 0 Å². The fourth-order valence-corrected chi connectivity index (χ4v) is 3.89. The SMILES string of the molecule is O=C(Cn1c(Cc2ccccc2)nc2ccccc21)NCCC[NH+]1CCOCC1.[Cl-]. The number of hydrogen-bond donors (Lipinski definition) is 2. The summed E-state index contributed by atoms with van der Waals surface area (Å²) in [5.74, 6) is 0.963. The predicted molar refractivity (Wildman–Crippen MR) is 113 cm³/mol. The Bertz CT molecular complexity index is 939. The number of amides is 1. The van der Waals surface area contributed by atoms with E-state index in [0.717, 1.165) is 56.1 Å². The van der Waals surface area contributed by atoms with E-state index in [1.54, 1.807) is 4.90 Å². The molecule has 2 N–H and O–H groups in total. The smallest absolute Gasteiger partial charge is 0.240 e. The highest BCUT2D eigenvalue weighted by atomic mass is 35.5. The molecular weight excluding hydrogens is 400 g/mol. The molecule has 1 saturated heterocycles. The molecule has 3 aromatic rings. The Kier molecular flexibility index (Phi) is 8.25. The van der Waals surface area contributed by atoms with E-state index in [2.05, 4.69) is 17.4 Å². The Labute approximate surface area is 183 Å². The first-order chi connectivity index (χ1) is 14.3. The number of aromatic nitrogens is 2. The van der Waals surface area contributed by atoms with Crippen molar-refractivity contribution < 1.29 is 26.8 Å². The number of rotatable bonds is 8. The van der Waals surface area contributed by atoms with Gasteiger partial charge in [-0.05, 0) is 17.7 Å². The van der Waals surface area contributed by atoms with Crippen LogP contribution in [-0.2, 0) is 22.5 Å². The van der Waals surface area contributed by atoms with Gasteiger partial charge in [0.05, 0.1) is 30.8 Å². The highest BCUT2D eigenvalue weighted by Gasteiger charge is 2.15. The second-order valence-electron chi connectivity index (χ2n) is 7.58. The topological polar surface area (TPSA) is 60.6 Å². The van der Waals surface area contributed by atoms with E-state index in [4.69, 9.17) is 9.72 Å².